The molecule has 0 aromatic carbocycles. The van der Waals surface area contributed by atoms with Crippen molar-refractivity contribution in [2.75, 3.05) is 20.1 Å². The average Bonchev–Trinajstić information content (AvgIpc) is 2.80. The Balaban J connectivity index is 3.14. The van der Waals surface area contributed by atoms with Crippen molar-refractivity contribution < 1.29 is 9.84 Å². The summed E-state index contributed by atoms with van der Waals surface area (Å²) >= 11 is 2.51. The highest BCUT2D eigenvalue weighted by Crippen LogP contribution is 2.36. The number of hydrogen-bond donors (Lipinski definition) is 1. The molecular weight excluding hydrogens is 571 g/mol. The summed E-state index contributed by atoms with van der Waals surface area (Å²) in [7, 11) is 1.87. The van der Waals surface area contributed by atoms with Crippen molar-refractivity contribution in [2.24, 2.45) is 22.7 Å². The Bertz CT molecular complexity index is 841. The maximum Gasteiger partial charge on any atom is 0.216 e. The molecular formula is C32H55IN2O2. The van der Waals surface area contributed by atoms with Crippen LogP contribution in [-0.2, 0) is 4.74 Å². The molecule has 0 radical (unpaired) electrons. The zero-order chi connectivity index (χ0) is 28.3. The van der Waals surface area contributed by atoms with Crippen molar-refractivity contribution in [1.29, 1.82) is 0 Å². The fraction of sp³-hybridized carbons (Fsp3) is 0.719. The zero-order valence-corrected chi connectivity index (χ0v) is 27.5. The molecule has 4 nitrogen and oxygen atoms in total. The third-order valence-corrected chi connectivity index (χ3v) is 8.00. The van der Waals surface area contributed by atoms with Gasteiger partial charge in [0, 0.05) is 35.0 Å². The van der Waals surface area contributed by atoms with Crippen molar-refractivity contribution in [1.82, 2.24) is 4.90 Å². The summed E-state index contributed by atoms with van der Waals surface area (Å²) in [5.74, 6) is 1.75. The fourth-order valence-electron chi connectivity index (χ4n) is 5.00. The van der Waals surface area contributed by atoms with Crippen LogP contribution in [0, 0.1) is 17.8 Å². The smallest absolute Gasteiger partial charge is 0.216 e. The largest absolute Gasteiger partial charge is 0.356 e. The van der Waals surface area contributed by atoms with Crippen LogP contribution in [0.25, 0.3) is 0 Å². The Labute approximate surface area is 242 Å². The molecule has 0 bridgehead atoms. The third kappa shape index (κ3) is 12.8. The minimum absolute atomic E-state index is 0.411. The monoisotopic (exact) mass is 626 g/mol. The molecule has 212 valence electrons. The molecule has 5 heteroatoms. The standard InChI is InChI=1S/C32H55IN2O2/c1-22(2)21-35(31(36)37-32(8,9)10)18-17-24(5)19-28(23(3)4)30(26(7)34-11)29(33)20-25(6)27-15-13-12-14-16-27/h20,22,25,27,31,36H,3,5,12-19,21H2,1-2,4,6-11H3/b29-20+,30-28+,34-26-. The van der Waals surface area contributed by atoms with Gasteiger partial charge >= 0.3 is 0 Å². The van der Waals surface area contributed by atoms with E-state index in [9.17, 15) is 5.11 Å². The maximum absolute atomic E-state index is 10.8. The van der Waals surface area contributed by atoms with E-state index in [1.54, 1.807) is 0 Å². The van der Waals surface area contributed by atoms with Crippen molar-refractivity contribution in [3.8, 4) is 0 Å². The van der Waals surface area contributed by atoms with Crippen molar-refractivity contribution >= 4 is 28.3 Å². The first-order valence-electron chi connectivity index (χ1n) is 14.1. The zero-order valence-electron chi connectivity index (χ0n) is 25.3. The number of aliphatic imine (C=N–C) groups is 1. The fourth-order valence-corrected chi connectivity index (χ4v) is 6.28. The number of aliphatic hydroxyl groups is 1. The lowest BCUT2D eigenvalue weighted by atomic mass is 9.80. The number of allylic oxidation sites excluding steroid dienone is 5. The second-order valence-electron chi connectivity index (χ2n) is 12.3. The van der Waals surface area contributed by atoms with Gasteiger partial charge in [-0.1, -0.05) is 70.4 Å². The summed E-state index contributed by atoms with van der Waals surface area (Å²) < 4.78 is 7.12. The van der Waals surface area contributed by atoms with Gasteiger partial charge in [-0.25, -0.2) is 0 Å². The van der Waals surface area contributed by atoms with Crippen LogP contribution in [0.3, 0.4) is 0 Å². The van der Waals surface area contributed by atoms with E-state index < -0.39 is 12.0 Å². The van der Waals surface area contributed by atoms with Crippen LogP contribution >= 0.6 is 22.6 Å². The number of hydrogen-bond acceptors (Lipinski definition) is 4. The van der Waals surface area contributed by atoms with Gasteiger partial charge in [0.05, 0.1) is 5.60 Å². The van der Waals surface area contributed by atoms with Gasteiger partial charge in [0.15, 0.2) is 0 Å². The van der Waals surface area contributed by atoms with Crippen LogP contribution in [0.2, 0.25) is 0 Å². The normalized spacial score (nSPS) is 18.7. The van der Waals surface area contributed by atoms with Crippen LogP contribution in [0.15, 0.2) is 50.1 Å². The van der Waals surface area contributed by atoms with E-state index in [-0.39, 0.29) is 0 Å². The van der Waals surface area contributed by atoms with E-state index >= 15 is 0 Å². The lowest BCUT2D eigenvalue weighted by molar-refractivity contribution is -0.240. The predicted octanol–water partition coefficient (Wildman–Crippen LogP) is 8.87. The molecule has 2 atom stereocenters. The van der Waals surface area contributed by atoms with Crippen LogP contribution in [0.5, 0.6) is 0 Å². The molecule has 1 aliphatic rings. The first-order chi connectivity index (χ1) is 17.2. The molecule has 0 spiro atoms. The van der Waals surface area contributed by atoms with Gasteiger partial charge in [0.2, 0.25) is 6.41 Å². The van der Waals surface area contributed by atoms with E-state index in [0.717, 1.165) is 42.2 Å². The summed E-state index contributed by atoms with van der Waals surface area (Å²) in [4.78, 5) is 6.60. The summed E-state index contributed by atoms with van der Waals surface area (Å²) in [5, 5.41) is 10.8. The molecule has 0 saturated heterocycles. The van der Waals surface area contributed by atoms with E-state index in [0.29, 0.717) is 18.4 Å². The number of halogens is 1. The number of nitrogens with zero attached hydrogens (tertiary/aromatic N) is 2. The first kappa shape index (κ1) is 34.3. The molecule has 0 aliphatic heterocycles. The highest BCUT2D eigenvalue weighted by atomic mass is 127. The quantitative estimate of drug-likeness (QED) is 0.0689. The molecule has 0 aromatic rings. The van der Waals surface area contributed by atoms with Crippen LogP contribution in [0.1, 0.15) is 100 Å². The molecule has 37 heavy (non-hydrogen) atoms. The molecule has 1 saturated carbocycles. The van der Waals surface area contributed by atoms with Gasteiger partial charge < -0.3 is 9.84 Å². The summed E-state index contributed by atoms with van der Waals surface area (Å²) in [5.41, 5.74) is 5.23. The molecule has 0 aromatic heterocycles. The van der Waals surface area contributed by atoms with Gasteiger partial charge in [0.1, 0.15) is 0 Å². The second-order valence-corrected chi connectivity index (χ2v) is 13.5. The van der Waals surface area contributed by atoms with Crippen LogP contribution in [0.4, 0.5) is 0 Å². The number of rotatable bonds is 14. The van der Waals surface area contributed by atoms with E-state index in [1.165, 1.54) is 46.8 Å². The van der Waals surface area contributed by atoms with Gasteiger partial charge in [-0.15, -0.1) is 0 Å². The van der Waals surface area contributed by atoms with Gasteiger partial charge in [0.25, 0.3) is 0 Å². The highest BCUT2D eigenvalue weighted by Gasteiger charge is 2.24. The predicted molar refractivity (Wildman–Crippen MR) is 170 cm³/mol. The van der Waals surface area contributed by atoms with Crippen LogP contribution < -0.4 is 0 Å². The molecule has 2 unspecified atom stereocenters. The summed E-state index contributed by atoms with van der Waals surface area (Å²) in [6, 6.07) is 0. The highest BCUT2D eigenvalue weighted by molar-refractivity contribution is 14.1. The molecule has 1 N–H and O–H groups in total. The van der Waals surface area contributed by atoms with Crippen molar-refractivity contribution in [3.05, 3.63) is 45.1 Å². The Morgan fingerprint density at radius 2 is 1.73 bits per heavy atom. The minimum Gasteiger partial charge on any atom is -0.356 e. The lowest BCUT2D eigenvalue weighted by Gasteiger charge is -2.33. The Kier molecular flexibility index (Phi) is 15.2. The Morgan fingerprint density at radius 3 is 2.22 bits per heavy atom. The number of aliphatic hydroxyl groups excluding tert-OH is 1. The Hall–Kier alpha value is -0.760. The van der Waals surface area contributed by atoms with E-state index in [1.807, 2.05) is 32.7 Å². The SMILES string of the molecule is C=C(CCN(CC(C)C)C(O)OC(C)(C)C)C/C(C(=C)C)=C(C(/C)=N\C)\C(I)=C/C(C)C1CCCCC1. The van der Waals surface area contributed by atoms with Crippen molar-refractivity contribution in [2.45, 2.75) is 112 Å². The molecule has 0 amide bonds. The summed E-state index contributed by atoms with van der Waals surface area (Å²) in [6.45, 7) is 27.0. The minimum atomic E-state index is -0.929. The topological polar surface area (TPSA) is 45.1 Å². The van der Waals surface area contributed by atoms with E-state index in [4.69, 9.17) is 4.74 Å². The molecule has 1 aliphatic carbocycles. The second kappa shape index (κ2) is 16.4. The number of ether oxygens (including phenoxy) is 1. The lowest BCUT2D eigenvalue weighted by Crippen LogP contribution is -2.44. The van der Waals surface area contributed by atoms with E-state index in [2.05, 4.69) is 81.4 Å². The molecule has 1 fully saturated rings. The maximum atomic E-state index is 10.8. The summed E-state index contributed by atoms with van der Waals surface area (Å²) in [6.07, 6.45) is 9.83. The molecule has 1 rings (SSSR count). The van der Waals surface area contributed by atoms with Gasteiger partial charge in [-0.3, -0.25) is 9.89 Å². The Morgan fingerprint density at radius 1 is 1.14 bits per heavy atom. The van der Waals surface area contributed by atoms with Gasteiger partial charge in [-0.05, 0) is 106 Å². The van der Waals surface area contributed by atoms with Crippen LogP contribution in [-0.4, -0.2) is 47.9 Å². The average molecular weight is 627 g/mol. The first-order valence-corrected chi connectivity index (χ1v) is 15.2. The van der Waals surface area contributed by atoms with Gasteiger partial charge in [-0.2, -0.15) is 0 Å². The third-order valence-electron chi connectivity index (χ3n) is 7.11. The molecule has 0 heterocycles. The van der Waals surface area contributed by atoms with Crippen molar-refractivity contribution in [3.63, 3.8) is 0 Å².